The van der Waals surface area contributed by atoms with Crippen molar-refractivity contribution in [1.29, 1.82) is 0 Å². The number of allylic oxidation sites excluding steroid dienone is 1. The highest BCUT2D eigenvalue weighted by Gasteiger charge is 1.89. The van der Waals surface area contributed by atoms with Gasteiger partial charge in [0.1, 0.15) is 0 Å². The number of hydrogen-bond donors (Lipinski definition) is 0. The Kier molecular flexibility index (Phi) is 9.02. The molecule has 0 aromatic rings. The van der Waals surface area contributed by atoms with Crippen molar-refractivity contribution in [2.24, 2.45) is 0 Å². The molecule has 0 saturated heterocycles. The standard InChI is InChI=1S/C10H18ClF/c1-2-3-4-5-6-7-8-9-10(11)12/h9H,2-8H2,1H3. The first-order valence-corrected chi connectivity index (χ1v) is 5.16. The third-order valence-corrected chi connectivity index (χ3v) is 2.01. The second kappa shape index (κ2) is 9.05. The molecule has 0 nitrogen and oxygen atoms in total. The summed E-state index contributed by atoms with van der Waals surface area (Å²) < 4.78 is 12.0. The molecular weight excluding hydrogens is 175 g/mol. The highest BCUT2D eigenvalue weighted by atomic mass is 35.5. The Morgan fingerprint density at radius 3 is 2.33 bits per heavy atom. The van der Waals surface area contributed by atoms with Crippen molar-refractivity contribution in [3.8, 4) is 0 Å². The third kappa shape index (κ3) is 9.96. The summed E-state index contributed by atoms with van der Waals surface area (Å²) in [7, 11) is 0. The van der Waals surface area contributed by atoms with Gasteiger partial charge in [-0.05, 0) is 18.9 Å². The van der Waals surface area contributed by atoms with E-state index in [2.05, 4.69) is 6.92 Å². The molecule has 0 bridgehead atoms. The Morgan fingerprint density at radius 2 is 1.75 bits per heavy atom. The van der Waals surface area contributed by atoms with Gasteiger partial charge in [-0.3, -0.25) is 0 Å². The van der Waals surface area contributed by atoms with Crippen LogP contribution in [-0.4, -0.2) is 0 Å². The molecule has 0 N–H and O–H groups in total. The summed E-state index contributed by atoms with van der Waals surface area (Å²) in [6, 6.07) is 0. The van der Waals surface area contributed by atoms with Gasteiger partial charge in [0.05, 0.1) is 0 Å². The number of halogens is 2. The van der Waals surface area contributed by atoms with Gasteiger partial charge in [-0.15, -0.1) is 0 Å². The third-order valence-electron chi connectivity index (χ3n) is 1.86. The maximum absolute atomic E-state index is 12.0. The van der Waals surface area contributed by atoms with Crippen LogP contribution in [-0.2, 0) is 0 Å². The van der Waals surface area contributed by atoms with Crippen molar-refractivity contribution in [2.75, 3.05) is 0 Å². The van der Waals surface area contributed by atoms with E-state index in [4.69, 9.17) is 11.6 Å². The van der Waals surface area contributed by atoms with Crippen LogP contribution in [0.3, 0.4) is 0 Å². The number of rotatable bonds is 7. The van der Waals surface area contributed by atoms with Gasteiger partial charge in [0.2, 0.25) is 0 Å². The molecule has 12 heavy (non-hydrogen) atoms. The minimum absolute atomic E-state index is 0.566. The minimum atomic E-state index is -0.566. The molecule has 0 aliphatic carbocycles. The highest BCUT2D eigenvalue weighted by molar-refractivity contribution is 6.28. The van der Waals surface area contributed by atoms with Crippen molar-refractivity contribution < 1.29 is 4.39 Å². The molecule has 72 valence electrons. The molecule has 0 spiro atoms. The predicted molar refractivity (Wildman–Crippen MR) is 53.0 cm³/mol. The number of hydrogen-bond acceptors (Lipinski definition) is 0. The van der Waals surface area contributed by atoms with Crippen LogP contribution in [0.2, 0.25) is 0 Å². The van der Waals surface area contributed by atoms with Crippen LogP contribution in [0.5, 0.6) is 0 Å². The Morgan fingerprint density at radius 1 is 1.17 bits per heavy atom. The van der Waals surface area contributed by atoms with E-state index >= 15 is 0 Å². The Balaban J connectivity index is 2.96. The van der Waals surface area contributed by atoms with Crippen LogP contribution >= 0.6 is 11.6 Å². The van der Waals surface area contributed by atoms with Crippen molar-refractivity contribution in [2.45, 2.75) is 51.9 Å². The van der Waals surface area contributed by atoms with Crippen molar-refractivity contribution >= 4 is 11.6 Å². The van der Waals surface area contributed by atoms with Gasteiger partial charge in [0, 0.05) is 0 Å². The Bertz CT molecular complexity index is 117. The van der Waals surface area contributed by atoms with Gasteiger partial charge in [0.25, 0.3) is 0 Å². The van der Waals surface area contributed by atoms with E-state index in [-0.39, 0.29) is 0 Å². The number of unbranched alkanes of at least 4 members (excludes halogenated alkanes) is 6. The van der Waals surface area contributed by atoms with Crippen molar-refractivity contribution in [3.63, 3.8) is 0 Å². The quantitative estimate of drug-likeness (QED) is 0.509. The first kappa shape index (κ1) is 12.0. The van der Waals surface area contributed by atoms with Crippen LogP contribution in [0, 0.1) is 0 Å². The van der Waals surface area contributed by atoms with E-state index in [9.17, 15) is 4.39 Å². The SMILES string of the molecule is CCCCCCCCC=C(F)Cl. The lowest BCUT2D eigenvalue weighted by Gasteiger charge is -1.97. The average Bonchev–Trinajstić information content (AvgIpc) is 2.02. The molecule has 0 radical (unpaired) electrons. The lowest BCUT2D eigenvalue weighted by Crippen LogP contribution is -1.77. The fourth-order valence-corrected chi connectivity index (χ4v) is 1.24. The molecule has 0 amide bonds. The van der Waals surface area contributed by atoms with E-state index in [1.807, 2.05) is 0 Å². The highest BCUT2D eigenvalue weighted by Crippen LogP contribution is 2.10. The second-order valence-electron chi connectivity index (χ2n) is 3.05. The predicted octanol–water partition coefficient (Wildman–Crippen LogP) is 4.79. The molecule has 0 aromatic carbocycles. The van der Waals surface area contributed by atoms with Gasteiger partial charge in [-0.2, -0.15) is 4.39 Å². The zero-order chi connectivity index (χ0) is 9.23. The van der Waals surface area contributed by atoms with Gasteiger partial charge in [-0.1, -0.05) is 50.6 Å². The molecule has 0 unspecified atom stereocenters. The maximum Gasteiger partial charge on any atom is 0.185 e. The van der Waals surface area contributed by atoms with E-state index in [1.54, 1.807) is 0 Å². The van der Waals surface area contributed by atoms with E-state index < -0.39 is 5.29 Å². The Hall–Kier alpha value is -0.0400. The topological polar surface area (TPSA) is 0 Å². The van der Waals surface area contributed by atoms with E-state index in [1.165, 1.54) is 38.2 Å². The van der Waals surface area contributed by atoms with Crippen LogP contribution in [0.4, 0.5) is 4.39 Å². The van der Waals surface area contributed by atoms with E-state index in [0.29, 0.717) is 0 Å². The summed E-state index contributed by atoms with van der Waals surface area (Å²) in [6.07, 6.45) is 9.65. The van der Waals surface area contributed by atoms with E-state index in [0.717, 1.165) is 12.8 Å². The normalized spacial score (nSPS) is 12.1. The molecule has 0 heterocycles. The van der Waals surface area contributed by atoms with Crippen molar-refractivity contribution in [1.82, 2.24) is 0 Å². The zero-order valence-corrected chi connectivity index (χ0v) is 8.54. The summed E-state index contributed by atoms with van der Waals surface area (Å²) in [5.74, 6) is 0. The van der Waals surface area contributed by atoms with Crippen LogP contribution < -0.4 is 0 Å². The first-order chi connectivity index (χ1) is 5.77. The minimum Gasteiger partial charge on any atom is -0.194 e. The summed E-state index contributed by atoms with van der Waals surface area (Å²) in [5.41, 5.74) is 0. The molecule has 0 aliphatic heterocycles. The fraction of sp³-hybridized carbons (Fsp3) is 0.800. The zero-order valence-electron chi connectivity index (χ0n) is 7.78. The molecule has 0 atom stereocenters. The second-order valence-corrected chi connectivity index (χ2v) is 3.41. The smallest absolute Gasteiger partial charge is 0.185 e. The van der Waals surface area contributed by atoms with Crippen LogP contribution in [0.25, 0.3) is 0 Å². The molecule has 0 aliphatic rings. The largest absolute Gasteiger partial charge is 0.194 e. The molecule has 0 aromatic heterocycles. The van der Waals surface area contributed by atoms with Crippen LogP contribution in [0.1, 0.15) is 51.9 Å². The lowest BCUT2D eigenvalue weighted by atomic mass is 10.1. The van der Waals surface area contributed by atoms with Gasteiger partial charge >= 0.3 is 0 Å². The molecule has 0 rings (SSSR count). The molecular formula is C10H18ClF. The average molecular weight is 193 g/mol. The van der Waals surface area contributed by atoms with Crippen molar-refractivity contribution in [3.05, 3.63) is 11.4 Å². The van der Waals surface area contributed by atoms with Gasteiger partial charge < -0.3 is 0 Å². The summed E-state index contributed by atoms with van der Waals surface area (Å²) in [5, 5.41) is -0.566. The summed E-state index contributed by atoms with van der Waals surface area (Å²) in [4.78, 5) is 0. The summed E-state index contributed by atoms with van der Waals surface area (Å²) in [6.45, 7) is 2.20. The monoisotopic (exact) mass is 192 g/mol. The molecule has 0 fully saturated rings. The molecule has 2 heteroatoms. The summed E-state index contributed by atoms with van der Waals surface area (Å²) >= 11 is 5.03. The first-order valence-electron chi connectivity index (χ1n) is 4.78. The lowest BCUT2D eigenvalue weighted by molar-refractivity contribution is 0.607. The van der Waals surface area contributed by atoms with Gasteiger partial charge in [-0.25, -0.2) is 0 Å². The fourth-order valence-electron chi connectivity index (χ4n) is 1.14. The van der Waals surface area contributed by atoms with Crippen LogP contribution in [0.15, 0.2) is 11.4 Å². The van der Waals surface area contributed by atoms with Gasteiger partial charge in [0.15, 0.2) is 5.29 Å². The Labute approximate surface area is 79.8 Å². The molecule has 0 saturated carbocycles. The maximum atomic E-state index is 12.0.